The number of hydrogen-bond acceptors (Lipinski definition) is 8. The number of ether oxygens (including phenoxy) is 2. The van der Waals surface area contributed by atoms with Crippen LogP contribution in [0.4, 0.5) is 0 Å². The molecule has 0 atom stereocenters. The fourth-order valence-corrected chi connectivity index (χ4v) is 7.02. The van der Waals surface area contributed by atoms with Gasteiger partial charge in [0.1, 0.15) is 13.2 Å². The maximum atomic E-state index is 13.0. The largest absolute Gasteiger partial charge is 0.461 e. The van der Waals surface area contributed by atoms with Crippen LogP contribution in [0, 0.1) is 17.8 Å². The third-order valence-corrected chi connectivity index (χ3v) is 10.3. The van der Waals surface area contributed by atoms with E-state index in [4.69, 9.17) is 14.3 Å². The van der Waals surface area contributed by atoms with Crippen LogP contribution in [-0.2, 0) is 28.7 Å². The number of oxime groups is 1. The SMILES string of the molecule is CCCCCC/C=C\COC(=O)CCCCCCCC(CCCCCCCC(=O)OC/C=C\CCCCCC)C(=O)O/N=C/CC1CC(CN(C)C)C1. The molecule has 0 radical (unpaired) electrons. The molecule has 0 N–H and O–H groups in total. The normalized spacial score (nSPS) is 16.0. The van der Waals surface area contributed by atoms with Crippen molar-refractivity contribution >= 4 is 24.1 Å². The molecule has 0 aliphatic heterocycles. The molecular weight excluding hydrogens is 665 g/mol. The van der Waals surface area contributed by atoms with Crippen LogP contribution in [0.2, 0.25) is 0 Å². The average molecular weight is 745 g/mol. The monoisotopic (exact) mass is 745 g/mol. The standard InChI is InChI=1S/C45H80N2O6/c1-5-7-9-11-13-21-27-35-51-43(48)31-25-19-15-17-23-29-42(45(50)53-46-34-33-40-37-41(38-40)39-47(3)4)30-24-18-16-20-26-32-44(49)52-36-28-22-14-12-10-8-6-2/h21-22,27-28,34,40-42H,5-20,23-26,29-33,35-39H2,1-4H3/b27-21-,28-22-,46-34+. The molecule has 1 aliphatic carbocycles. The van der Waals surface area contributed by atoms with Crippen molar-refractivity contribution in [3.8, 4) is 0 Å². The molecule has 0 saturated heterocycles. The summed E-state index contributed by atoms with van der Waals surface area (Å²) in [6.45, 7) is 6.31. The van der Waals surface area contributed by atoms with Gasteiger partial charge in [-0.3, -0.25) is 9.59 Å². The Bertz CT molecular complexity index is 935. The Morgan fingerprint density at radius 2 is 1.09 bits per heavy atom. The van der Waals surface area contributed by atoms with Gasteiger partial charge in [0, 0.05) is 25.6 Å². The van der Waals surface area contributed by atoms with Crippen molar-refractivity contribution in [1.29, 1.82) is 0 Å². The van der Waals surface area contributed by atoms with Crippen molar-refractivity contribution in [2.45, 2.75) is 187 Å². The first kappa shape index (κ1) is 48.5. The number of carbonyl (C=O) groups excluding carboxylic acids is 3. The fourth-order valence-electron chi connectivity index (χ4n) is 7.02. The van der Waals surface area contributed by atoms with Gasteiger partial charge < -0.3 is 19.2 Å². The van der Waals surface area contributed by atoms with Crippen LogP contribution in [0.25, 0.3) is 0 Å². The maximum Gasteiger partial charge on any atom is 0.338 e. The summed E-state index contributed by atoms with van der Waals surface area (Å²) >= 11 is 0. The zero-order valence-corrected chi connectivity index (χ0v) is 34.7. The van der Waals surface area contributed by atoms with E-state index in [0.29, 0.717) is 32.0 Å². The smallest absolute Gasteiger partial charge is 0.338 e. The minimum absolute atomic E-state index is 0.120. The van der Waals surface area contributed by atoms with Crippen LogP contribution in [-0.4, -0.2) is 62.9 Å². The lowest BCUT2D eigenvalue weighted by Crippen LogP contribution is -2.32. The molecule has 53 heavy (non-hydrogen) atoms. The van der Waals surface area contributed by atoms with Crippen molar-refractivity contribution in [3.63, 3.8) is 0 Å². The van der Waals surface area contributed by atoms with Gasteiger partial charge in [-0.05, 0) is 96.6 Å². The first-order chi connectivity index (χ1) is 25.8. The molecule has 1 saturated carbocycles. The second-order valence-corrected chi connectivity index (χ2v) is 15.7. The highest BCUT2D eigenvalue weighted by atomic mass is 16.7. The lowest BCUT2D eigenvalue weighted by molar-refractivity contribution is -0.149. The van der Waals surface area contributed by atoms with Crippen LogP contribution >= 0.6 is 0 Å². The molecule has 0 aromatic carbocycles. The van der Waals surface area contributed by atoms with Crippen LogP contribution in [0.5, 0.6) is 0 Å². The van der Waals surface area contributed by atoms with Gasteiger partial charge in [0.2, 0.25) is 0 Å². The summed E-state index contributed by atoms with van der Waals surface area (Å²) in [7, 11) is 4.24. The molecule has 0 spiro atoms. The zero-order chi connectivity index (χ0) is 38.6. The Morgan fingerprint density at radius 3 is 1.58 bits per heavy atom. The molecular formula is C45H80N2O6. The first-order valence-electron chi connectivity index (χ1n) is 21.8. The Morgan fingerprint density at radius 1 is 0.623 bits per heavy atom. The molecule has 0 bridgehead atoms. The van der Waals surface area contributed by atoms with Crippen LogP contribution in [0.1, 0.15) is 187 Å². The summed E-state index contributed by atoms with van der Waals surface area (Å²) in [6.07, 6.45) is 37.6. The number of esters is 2. The van der Waals surface area contributed by atoms with Gasteiger partial charge in [-0.25, -0.2) is 4.79 Å². The molecule has 8 nitrogen and oxygen atoms in total. The van der Waals surface area contributed by atoms with Gasteiger partial charge in [0.15, 0.2) is 0 Å². The zero-order valence-electron chi connectivity index (χ0n) is 34.7. The molecule has 0 amide bonds. The summed E-state index contributed by atoms with van der Waals surface area (Å²) in [5, 5.41) is 4.08. The van der Waals surface area contributed by atoms with Crippen molar-refractivity contribution in [2.75, 3.05) is 33.9 Å². The minimum Gasteiger partial charge on any atom is -0.461 e. The number of carbonyl (C=O) groups is 3. The predicted octanol–water partition coefficient (Wildman–Crippen LogP) is 11.7. The van der Waals surface area contributed by atoms with E-state index in [0.717, 1.165) is 109 Å². The summed E-state index contributed by atoms with van der Waals surface area (Å²) in [5.74, 6) is 0.815. The highest BCUT2D eigenvalue weighted by molar-refractivity contribution is 5.73. The molecule has 1 aliphatic rings. The molecule has 0 heterocycles. The summed E-state index contributed by atoms with van der Waals surface area (Å²) < 4.78 is 10.7. The highest BCUT2D eigenvalue weighted by Crippen LogP contribution is 2.35. The van der Waals surface area contributed by atoms with E-state index >= 15 is 0 Å². The van der Waals surface area contributed by atoms with E-state index in [9.17, 15) is 14.4 Å². The number of allylic oxidation sites excluding steroid dienone is 2. The maximum absolute atomic E-state index is 13.0. The van der Waals surface area contributed by atoms with Crippen molar-refractivity contribution in [1.82, 2.24) is 4.90 Å². The van der Waals surface area contributed by atoms with Crippen LogP contribution in [0.15, 0.2) is 29.5 Å². The molecule has 1 rings (SSSR count). The Balaban J connectivity index is 2.28. The predicted molar refractivity (Wildman–Crippen MR) is 220 cm³/mol. The lowest BCUT2D eigenvalue weighted by atomic mass is 9.73. The Hall–Kier alpha value is -2.48. The van der Waals surface area contributed by atoms with Gasteiger partial charge in [0.25, 0.3) is 0 Å². The van der Waals surface area contributed by atoms with Crippen LogP contribution < -0.4 is 0 Å². The number of nitrogens with zero attached hydrogens (tertiary/aromatic N) is 2. The van der Waals surface area contributed by atoms with Gasteiger partial charge in [-0.15, -0.1) is 0 Å². The topological polar surface area (TPSA) is 94.5 Å². The van der Waals surface area contributed by atoms with Gasteiger partial charge in [-0.2, -0.15) is 0 Å². The van der Waals surface area contributed by atoms with Crippen molar-refractivity contribution in [3.05, 3.63) is 24.3 Å². The molecule has 8 heteroatoms. The van der Waals surface area contributed by atoms with Gasteiger partial charge >= 0.3 is 17.9 Å². The number of rotatable bonds is 36. The fraction of sp³-hybridized carbons (Fsp3) is 0.822. The van der Waals surface area contributed by atoms with E-state index in [1.54, 1.807) is 6.21 Å². The van der Waals surface area contributed by atoms with Gasteiger partial charge in [-0.1, -0.05) is 133 Å². The minimum atomic E-state index is -0.212. The van der Waals surface area contributed by atoms with E-state index < -0.39 is 0 Å². The third kappa shape index (κ3) is 30.5. The second kappa shape index (κ2) is 35.2. The lowest BCUT2D eigenvalue weighted by Gasteiger charge is -2.36. The summed E-state index contributed by atoms with van der Waals surface area (Å²) in [4.78, 5) is 44.8. The Kier molecular flexibility index (Phi) is 32.3. The molecule has 0 unspecified atom stereocenters. The third-order valence-electron chi connectivity index (χ3n) is 10.3. The average Bonchev–Trinajstić information content (AvgIpc) is 3.12. The molecule has 306 valence electrons. The summed E-state index contributed by atoms with van der Waals surface area (Å²) in [6, 6.07) is 0. The van der Waals surface area contributed by atoms with Crippen LogP contribution in [0.3, 0.4) is 0 Å². The van der Waals surface area contributed by atoms with Crippen molar-refractivity contribution in [2.24, 2.45) is 22.9 Å². The molecule has 1 fully saturated rings. The van der Waals surface area contributed by atoms with Crippen molar-refractivity contribution < 1.29 is 28.7 Å². The first-order valence-corrected chi connectivity index (χ1v) is 21.8. The summed E-state index contributed by atoms with van der Waals surface area (Å²) in [5.41, 5.74) is 0. The van der Waals surface area contributed by atoms with E-state index in [-0.39, 0.29) is 23.8 Å². The molecule has 0 aromatic rings. The second-order valence-electron chi connectivity index (χ2n) is 15.7. The van der Waals surface area contributed by atoms with E-state index in [1.807, 2.05) is 12.2 Å². The van der Waals surface area contributed by atoms with E-state index in [2.05, 4.69) is 50.2 Å². The Labute approximate surface area is 325 Å². The van der Waals surface area contributed by atoms with Gasteiger partial charge in [0.05, 0.1) is 5.92 Å². The number of hydrogen-bond donors (Lipinski definition) is 0. The number of unbranched alkanes of at least 4 members (excludes halogenated alkanes) is 16. The highest BCUT2D eigenvalue weighted by Gasteiger charge is 2.28. The van der Waals surface area contributed by atoms with E-state index in [1.165, 1.54) is 64.2 Å². The quantitative estimate of drug-likeness (QED) is 0.0157. The molecule has 0 aromatic heterocycles.